The van der Waals surface area contributed by atoms with E-state index in [-0.39, 0.29) is 5.41 Å². The Kier molecular flexibility index (Phi) is 5.08. The molecule has 0 saturated heterocycles. The van der Waals surface area contributed by atoms with E-state index in [1.165, 1.54) is 0 Å². The van der Waals surface area contributed by atoms with E-state index in [0.29, 0.717) is 11.8 Å². The molecule has 0 fully saturated rings. The lowest BCUT2D eigenvalue weighted by molar-refractivity contribution is 0.150. The van der Waals surface area contributed by atoms with Crippen molar-refractivity contribution in [2.75, 3.05) is 20.3 Å². The van der Waals surface area contributed by atoms with Crippen molar-refractivity contribution in [1.29, 1.82) is 0 Å². The van der Waals surface area contributed by atoms with Crippen molar-refractivity contribution < 1.29 is 9.15 Å². The Labute approximate surface area is 125 Å². The first-order valence-corrected chi connectivity index (χ1v) is 7.27. The molecule has 3 nitrogen and oxygen atoms in total. The molecule has 0 unspecified atom stereocenters. The molecule has 20 heavy (non-hydrogen) atoms. The number of hydrogen-bond acceptors (Lipinski definition) is 3. The van der Waals surface area contributed by atoms with Gasteiger partial charge in [-0.25, -0.2) is 0 Å². The van der Waals surface area contributed by atoms with Gasteiger partial charge in [0, 0.05) is 37.8 Å². The van der Waals surface area contributed by atoms with Gasteiger partial charge < -0.3 is 14.5 Å². The average Bonchev–Trinajstić information content (AvgIpc) is 2.73. The zero-order chi connectivity index (χ0) is 14.6. The molecule has 1 heterocycles. The summed E-state index contributed by atoms with van der Waals surface area (Å²) in [7, 11) is 1.74. The molecule has 0 spiro atoms. The number of benzene rings is 1. The van der Waals surface area contributed by atoms with Crippen molar-refractivity contribution in [3.05, 3.63) is 35.0 Å². The Morgan fingerprint density at radius 3 is 2.80 bits per heavy atom. The normalized spacial score (nSPS) is 12.2. The predicted octanol–water partition coefficient (Wildman–Crippen LogP) is 4.24. The zero-order valence-corrected chi connectivity index (χ0v) is 13.1. The van der Waals surface area contributed by atoms with Crippen molar-refractivity contribution in [2.45, 2.75) is 26.8 Å². The van der Waals surface area contributed by atoms with E-state index in [0.717, 1.165) is 36.1 Å². The van der Waals surface area contributed by atoms with E-state index >= 15 is 0 Å². The molecule has 2 aromatic rings. The highest BCUT2D eigenvalue weighted by molar-refractivity contribution is 6.30. The van der Waals surface area contributed by atoms with Gasteiger partial charge in [0.1, 0.15) is 5.58 Å². The highest BCUT2D eigenvalue weighted by atomic mass is 35.5. The number of para-hydroxylation sites is 1. The van der Waals surface area contributed by atoms with Gasteiger partial charge in [0.05, 0.1) is 0 Å². The minimum atomic E-state index is 0.196. The maximum absolute atomic E-state index is 6.17. The third kappa shape index (κ3) is 3.75. The van der Waals surface area contributed by atoms with E-state index in [2.05, 4.69) is 19.2 Å². The molecule has 110 valence electrons. The molecule has 4 heteroatoms. The van der Waals surface area contributed by atoms with Crippen LogP contribution in [-0.2, 0) is 11.3 Å². The summed E-state index contributed by atoms with van der Waals surface area (Å²) in [6, 6.07) is 7.93. The van der Waals surface area contributed by atoms with Crippen LogP contribution in [0, 0.1) is 5.41 Å². The maximum atomic E-state index is 6.17. The molecule has 0 aliphatic heterocycles. The highest BCUT2D eigenvalue weighted by Crippen LogP contribution is 2.29. The first-order chi connectivity index (χ1) is 9.53. The molecule has 0 bridgehead atoms. The van der Waals surface area contributed by atoms with Crippen molar-refractivity contribution in [2.24, 2.45) is 5.41 Å². The Morgan fingerprint density at radius 2 is 2.05 bits per heavy atom. The Bertz CT molecular complexity index is 563. The summed E-state index contributed by atoms with van der Waals surface area (Å²) in [6.07, 6.45) is 1.02. The zero-order valence-electron chi connectivity index (χ0n) is 12.3. The third-order valence-electron chi connectivity index (χ3n) is 3.54. The van der Waals surface area contributed by atoms with Gasteiger partial charge in [-0.3, -0.25) is 0 Å². The highest BCUT2D eigenvalue weighted by Gasteiger charge is 2.18. The van der Waals surface area contributed by atoms with Crippen LogP contribution in [0.1, 0.15) is 25.8 Å². The van der Waals surface area contributed by atoms with Crippen LogP contribution in [0.2, 0.25) is 5.22 Å². The first-order valence-electron chi connectivity index (χ1n) is 6.89. The lowest BCUT2D eigenvalue weighted by Gasteiger charge is -2.24. The van der Waals surface area contributed by atoms with Crippen LogP contribution < -0.4 is 5.32 Å². The average molecular weight is 296 g/mol. The topological polar surface area (TPSA) is 34.4 Å². The van der Waals surface area contributed by atoms with E-state index in [1.807, 2.05) is 24.3 Å². The molecule has 0 amide bonds. The van der Waals surface area contributed by atoms with Crippen molar-refractivity contribution in [1.82, 2.24) is 5.32 Å². The minimum absolute atomic E-state index is 0.196. The fraction of sp³-hybridized carbons (Fsp3) is 0.500. The summed E-state index contributed by atoms with van der Waals surface area (Å²) in [5.41, 5.74) is 2.07. The molecule has 1 N–H and O–H groups in total. The van der Waals surface area contributed by atoms with Crippen LogP contribution in [0.4, 0.5) is 0 Å². The van der Waals surface area contributed by atoms with Crippen LogP contribution in [0.3, 0.4) is 0 Å². The maximum Gasteiger partial charge on any atom is 0.199 e. The number of furan rings is 1. The second kappa shape index (κ2) is 6.61. The number of fused-ring (bicyclic) bond motifs is 1. The van der Waals surface area contributed by atoms with Crippen molar-refractivity contribution >= 4 is 22.6 Å². The molecular formula is C16H22ClNO2. The van der Waals surface area contributed by atoms with Crippen LogP contribution in [0.5, 0.6) is 0 Å². The van der Waals surface area contributed by atoms with Crippen LogP contribution >= 0.6 is 11.6 Å². The summed E-state index contributed by atoms with van der Waals surface area (Å²) < 4.78 is 10.7. The van der Waals surface area contributed by atoms with Gasteiger partial charge >= 0.3 is 0 Å². The molecule has 1 aromatic heterocycles. The molecule has 1 aromatic carbocycles. The number of hydrogen-bond donors (Lipinski definition) is 1. The molecule has 0 atom stereocenters. The number of rotatable bonds is 7. The van der Waals surface area contributed by atoms with E-state index in [9.17, 15) is 0 Å². The standard InChI is InChI=1S/C16H22ClNO2/c1-16(2,8-9-19-3)11-18-10-13-12-6-4-5-7-14(12)20-15(13)17/h4-7,18H,8-11H2,1-3H3. The van der Waals surface area contributed by atoms with Gasteiger partial charge in [0.25, 0.3) is 0 Å². The van der Waals surface area contributed by atoms with Gasteiger partial charge in [0.15, 0.2) is 5.22 Å². The Balaban J connectivity index is 1.98. The van der Waals surface area contributed by atoms with E-state index in [1.54, 1.807) is 7.11 Å². The summed E-state index contributed by atoms with van der Waals surface area (Å²) in [5, 5.41) is 5.03. The molecular weight excluding hydrogens is 274 g/mol. The number of nitrogens with one attached hydrogen (secondary N) is 1. The fourth-order valence-electron chi connectivity index (χ4n) is 2.23. The van der Waals surface area contributed by atoms with Crippen molar-refractivity contribution in [3.63, 3.8) is 0 Å². The van der Waals surface area contributed by atoms with Crippen molar-refractivity contribution in [3.8, 4) is 0 Å². The van der Waals surface area contributed by atoms with Crippen LogP contribution in [-0.4, -0.2) is 20.3 Å². The first kappa shape index (κ1) is 15.4. The largest absolute Gasteiger partial charge is 0.444 e. The smallest absolute Gasteiger partial charge is 0.199 e. The lowest BCUT2D eigenvalue weighted by Crippen LogP contribution is -2.30. The second-order valence-corrected chi connectivity index (χ2v) is 6.20. The number of ether oxygens (including phenoxy) is 1. The second-order valence-electron chi connectivity index (χ2n) is 5.86. The lowest BCUT2D eigenvalue weighted by atomic mass is 9.89. The van der Waals surface area contributed by atoms with E-state index in [4.69, 9.17) is 20.8 Å². The van der Waals surface area contributed by atoms with Gasteiger partial charge in [-0.2, -0.15) is 0 Å². The van der Waals surface area contributed by atoms with Gasteiger partial charge in [0.2, 0.25) is 0 Å². The Morgan fingerprint density at radius 1 is 1.30 bits per heavy atom. The minimum Gasteiger partial charge on any atom is -0.444 e. The summed E-state index contributed by atoms with van der Waals surface area (Å²) in [5.74, 6) is 0. The fourth-order valence-corrected chi connectivity index (χ4v) is 2.48. The monoisotopic (exact) mass is 295 g/mol. The van der Waals surface area contributed by atoms with Crippen LogP contribution in [0.15, 0.2) is 28.7 Å². The third-order valence-corrected chi connectivity index (χ3v) is 3.84. The summed E-state index contributed by atoms with van der Waals surface area (Å²) in [6.45, 7) is 6.87. The number of halogens is 1. The van der Waals surface area contributed by atoms with Gasteiger partial charge in [-0.05, 0) is 29.5 Å². The molecule has 0 aliphatic carbocycles. The quantitative estimate of drug-likeness (QED) is 0.830. The van der Waals surface area contributed by atoms with Gasteiger partial charge in [-0.15, -0.1) is 0 Å². The van der Waals surface area contributed by atoms with E-state index < -0.39 is 0 Å². The molecule has 0 aliphatic rings. The summed E-state index contributed by atoms with van der Waals surface area (Å²) >= 11 is 6.17. The Hall–Kier alpha value is -1.03. The predicted molar refractivity (Wildman–Crippen MR) is 83.2 cm³/mol. The SMILES string of the molecule is COCCC(C)(C)CNCc1c(Cl)oc2ccccc12. The molecule has 0 saturated carbocycles. The van der Waals surface area contributed by atoms with Gasteiger partial charge in [-0.1, -0.05) is 32.0 Å². The summed E-state index contributed by atoms with van der Waals surface area (Å²) in [4.78, 5) is 0. The number of methoxy groups -OCH3 is 1. The van der Waals surface area contributed by atoms with Crippen LogP contribution in [0.25, 0.3) is 11.0 Å². The molecule has 2 rings (SSSR count). The molecule has 0 radical (unpaired) electrons.